The summed E-state index contributed by atoms with van der Waals surface area (Å²) in [5.74, 6) is 0.703. The van der Waals surface area contributed by atoms with Gasteiger partial charge in [0.2, 0.25) is 0 Å². The second-order valence-corrected chi connectivity index (χ2v) is 5.77. The number of rotatable bonds is 4. The van der Waals surface area contributed by atoms with E-state index in [0.717, 1.165) is 13.1 Å². The Morgan fingerprint density at radius 1 is 1.58 bits per heavy atom. The van der Waals surface area contributed by atoms with Crippen LogP contribution in [0.2, 0.25) is 0 Å². The van der Waals surface area contributed by atoms with Crippen LogP contribution in [0.5, 0.6) is 0 Å². The highest BCUT2D eigenvalue weighted by Gasteiger charge is 2.29. The van der Waals surface area contributed by atoms with E-state index in [1.165, 1.54) is 19.2 Å². The van der Waals surface area contributed by atoms with Gasteiger partial charge in [-0.05, 0) is 28.8 Å². The van der Waals surface area contributed by atoms with E-state index >= 15 is 0 Å². The van der Waals surface area contributed by atoms with Gasteiger partial charge in [-0.15, -0.1) is 0 Å². The predicted molar refractivity (Wildman–Crippen MR) is 75.5 cm³/mol. The average Bonchev–Trinajstić information content (AvgIpc) is 3.24. The zero-order valence-corrected chi connectivity index (χ0v) is 12.1. The van der Waals surface area contributed by atoms with Gasteiger partial charge in [0.15, 0.2) is 5.82 Å². The number of aromatic nitrogens is 2. The summed E-state index contributed by atoms with van der Waals surface area (Å²) < 4.78 is 6.04. The van der Waals surface area contributed by atoms with Crippen molar-refractivity contribution in [3.63, 3.8) is 0 Å². The third-order valence-electron chi connectivity index (χ3n) is 3.50. The molecular formula is C12H17BrN4O2. The lowest BCUT2D eigenvalue weighted by Crippen LogP contribution is -2.51. The summed E-state index contributed by atoms with van der Waals surface area (Å²) >= 11 is 3.33. The van der Waals surface area contributed by atoms with Crippen LogP contribution >= 0.6 is 15.9 Å². The molecule has 2 N–H and O–H groups in total. The second kappa shape index (κ2) is 5.60. The van der Waals surface area contributed by atoms with E-state index in [4.69, 9.17) is 4.74 Å². The Balaban J connectivity index is 1.78. The molecule has 6 nitrogen and oxygen atoms in total. The Labute approximate surface area is 119 Å². The maximum absolute atomic E-state index is 11.6. The van der Waals surface area contributed by atoms with Crippen LogP contribution < -0.4 is 15.8 Å². The number of anilines is 1. The first-order valence-electron chi connectivity index (χ1n) is 6.56. The summed E-state index contributed by atoms with van der Waals surface area (Å²) in [6.07, 6.45) is 3.98. The van der Waals surface area contributed by atoms with Crippen molar-refractivity contribution >= 4 is 21.7 Å². The maximum Gasteiger partial charge on any atom is 0.267 e. The smallest absolute Gasteiger partial charge is 0.267 e. The molecule has 1 aromatic heterocycles. The molecule has 3 rings (SSSR count). The van der Waals surface area contributed by atoms with E-state index in [0.29, 0.717) is 29.5 Å². The average molecular weight is 329 g/mol. The summed E-state index contributed by atoms with van der Waals surface area (Å²) in [6.45, 7) is 2.96. The molecule has 1 saturated heterocycles. The van der Waals surface area contributed by atoms with Gasteiger partial charge in [0, 0.05) is 19.1 Å². The van der Waals surface area contributed by atoms with Crippen molar-refractivity contribution in [2.75, 3.05) is 31.2 Å². The molecule has 19 heavy (non-hydrogen) atoms. The molecular weight excluding hydrogens is 312 g/mol. The number of hydrogen-bond donors (Lipinski definition) is 2. The van der Waals surface area contributed by atoms with Crippen molar-refractivity contribution in [3.05, 3.63) is 21.2 Å². The number of nitrogens with one attached hydrogen (secondary N) is 2. The quantitative estimate of drug-likeness (QED) is 0.841. The zero-order valence-electron chi connectivity index (χ0n) is 10.6. The first-order valence-corrected chi connectivity index (χ1v) is 7.36. The van der Waals surface area contributed by atoms with Crippen LogP contribution in [0.3, 0.4) is 0 Å². The lowest BCUT2D eigenvalue weighted by Gasteiger charge is -2.36. The molecule has 2 fully saturated rings. The molecule has 0 aromatic carbocycles. The fourth-order valence-corrected chi connectivity index (χ4v) is 2.71. The first-order chi connectivity index (χ1) is 9.25. The molecule has 1 atom stereocenters. The predicted octanol–water partition coefficient (Wildman–Crippen LogP) is 0.490. The molecule has 2 aliphatic rings. The van der Waals surface area contributed by atoms with Gasteiger partial charge in [-0.2, -0.15) is 0 Å². The van der Waals surface area contributed by atoms with E-state index in [2.05, 4.69) is 36.1 Å². The van der Waals surface area contributed by atoms with Gasteiger partial charge in [-0.3, -0.25) is 4.79 Å². The maximum atomic E-state index is 11.6. The highest BCUT2D eigenvalue weighted by Crippen LogP contribution is 2.24. The molecule has 1 saturated carbocycles. The highest BCUT2D eigenvalue weighted by molar-refractivity contribution is 9.10. The van der Waals surface area contributed by atoms with Crippen molar-refractivity contribution in [3.8, 4) is 0 Å². The molecule has 0 amide bonds. The molecule has 104 valence electrons. The Morgan fingerprint density at radius 2 is 2.42 bits per heavy atom. The van der Waals surface area contributed by atoms with Gasteiger partial charge in [-0.1, -0.05) is 0 Å². The van der Waals surface area contributed by atoms with Crippen molar-refractivity contribution in [1.82, 2.24) is 15.3 Å². The Kier molecular flexibility index (Phi) is 3.86. The standard InChI is InChI=1S/C12H17BrN4O2/c13-10-11(15-7-16-12(10)18)17-3-4-19-6-9(17)5-14-8-1-2-8/h7-9,14H,1-6H2,(H,15,16,18). The lowest BCUT2D eigenvalue weighted by molar-refractivity contribution is 0.0931. The fraction of sp³-hybridized carbons (Fsp3) is 0.667. The minimum atomic E-state index is -0.148. The van der Waals surface area contributed by atoms with Crippen molar-refractivity contribution < 1.29 is 4.74 Å². The van der Waals surface area contributed by atoms with Crippen LogP contribution in [0.25, 0.3) is 0 Å². The molecule has 0 spiro atoms. The third kappa shape index (κ3) is 2.98. The van der Waals surface area contributed by atoms with Crippen molar-refractivity contribution in [2.24, 2.45) is 0 Å². The number of H-pyrrole nitrogens is 1. The van der Waals surface area contributed by atoms with Gasteiger partial charge in [0.05, 0.1) is 25.6 Å². The zero-order chi connectivity index (χ0) is 13.2. The van der Waals surface area contributed by atoms with Gasteiger partial charge >= 0.3 is 0 Å². The Hall–Kier alpha value is -0.920. The van der Waals surface area contributed by atoms with Crippen LogP contribution in [-0.2, 0) is 4.74 Å². The number of halogens is 1. The first kappa shape index (κ1) is 13.1. The monoisotopic (exact) mass is 328 g/mol. The topological polar surface area (TPSA) is 70.2 Å². The third-order valence-corrected chi connectivity index (χ3v) is 4.21. The van der Waals surface area contributed by atoms with E-state index < -0.39 is 0 Å². The molecule has 1 unspecified atom stereocenters. The van der Waals surface area contributed by atoms with E-state index in [1.54, 1.807) is 0 Å². The van der Waals surface area contributed by atoms with Crippen molar-refractivity contribution in [2.45, 2.75) is 24.9 Å². The molecule has 0 radical (unpaired) electrons. The van der Waals surface area contributed by atoms with Gasteiger partial charge in [-0.25, -0.2) is 4.98 Å². The largest absolute Gasteiger partial charge is 0.377 e. The summed E-state index contributed by atoms with van der Waals surface area (Å²) in [5.41, 5.74) is -0.148. The van der Waals surface area contributed by atoms with Crippen LogP contribution in [0.15, 0.2) is 15.6 Å². The molecule has 0 bridgehead atoms. The Bertz CT molecular complexity index is 503. The van der Waals surface area contributed by atoms with Crippen molar-refractivity contribution in [1.29, 1.82) is 0 Å². The van der Waals surface area contributed by atoms with E-state index in [9.17, 15) is 4.79 Å². The highest BCUT2D eigenvalue weighted by atomic mass is 79.9. The lowest BCUT2D eigenvalue weighted by atomic mass is 10.2. The molecule has 1 aromatic rings. The summed E-state index contributed by atoms with van der Waals surface area (Å²) in [5, 5.41) is 3.51. The van der Waals surface area contributed by atoms with Crippen LogP contribution in [0, 0.1) is 0 Å². The van der Waals surface area contributed by atoms with Gasteiger partial charge < -0.3 is 19.9 Å². The van der Waals surface area contributed by atoms with E-state index in [-0.39, 0.29) is 11.6 Å². The number of ether oxygens (including phenoxy) is 1. The van der Waals surface area contributed by atoms with Gasteiger partial charge in [0.25, 0.3) is 5.56 Å². The molecule has 2 heterocycles. The number of hydrogen-bond acceptors (Lipinski definition) is 5. The molecule has 1 aliphatic heterocycles. The fourth-order valence-electron chi connectivity index (χ4n) is 2.27. The minimum Gasteiger partial charge on any atom is -0.377 e. The van der Waals surface area contributed by atoms with Crippen LogP contribution in [-0.4, -0.2) is 48.4 Å². The summed E-state index contributed by atoms with van der Waals surface area (Å²) in [4.78, 5) is 20.7. The summed E-state index contributed by atoms with van der Waals surface area (Å²) in [6, 6.07) is 0.888. The number of morpholine rings is 1. The Morgan fingerprint density at radius 3 is 3.21 bits per heavy atom. The molecule has 7 heteroatoms. The van der Waals surface area contributed by atoms with Crippen LogP contribution in [0.1, 0.15) is 12.8 Å². The molecule has 1 aliphatic carbocycles. The van der Waals surface area contributed by atoms with E-state index in [1.807, 2.05) is 0 Å². The number of aromatic amines is 1. The SMILES string of the molecule is O=c1[nH]cnc(N2CCOCC2CNC2CC2)c1Br. The summed E-state index contributed by atoms with van der Waals surface area (Å²) in [7, 11) is 0. The van der Waals surface area contributed by atoms with Gasteiger partial charge in [0.1, 0.15) is 4.47 Å². The second-order valence-electron chi connectivity index (χ2n) is 4.97. The minimum absolute atomic E-state index is 0.148. The van der Waals surface area contributed by atoms with Crippen LogP contribution in [0.4, 0.5) is 5.82 Å². The normalized spacial score (nSPS) is 23.6. The number of nitrogens with zero attached hydrogens (tertiary/aromatic N) is 2.